The van der Waals surface area contributed by atoms with E-state index in [9.17, 15) is 0 Å². The Morgan fingerprint density at radius 2 is 1.90 bits per heavy atom. The fraction of sp³-hybridized carbons (Fsp3) is 0.750. The van der Waals surface area contributed by atoms with E-state index in [0.717, 1.165) is 70.5 Å². The van der Waals surface area contributed by atoms with Gasteiger partial charge in [-0.1, -0.05) is 6.92 Å². The molecule has 0 aromatic carbocycles. The van der Waals surface area contributed by atoms with Gasteiger partial charge in [0.15, 0.2) is 5.11 Å². The van der Waals surface area contributed by atoms with Crippen molar-refractivity contribution in [2.24, 2.45) is 5.92 Å². The van der Waals surface area contributed by atoms with E-state index in [4.69, 9.17) is 31.7 Å². The van der Waals surface area contributed by atoms with Crippen LogP contribution in [-0.4, -0.2) is 73.7 Å². The van der Waals surface area contributed by atoms with Crippen LogP contribution in [0.5, 0.6) is 0 Å². The third-order valence-corrected chi connectivity index (χ3v) is 6.00. The normalized spacial score (nSPS) is 25.1. The minimum atomic E-state index is 0.237. The Kier molecular flexibility index (Phi) is 6.99. The molecule has 3 fully saturated rings. The smallest absolute Gasteiger partial charge is 0.232 e. The van der Waals surface area contributed by atoms with Crippen LogP contribution in [0.1, 0.15) is 32.6 Å². The molecule has 0 spiro atoms. The van der Waals surface area contributed by atoms with E-state index >= 15 is 0 Å². The summed E-state index contributed by atoms with van der Waals surface area (Å²) in [5.74, 6) is 3.13. The highest BCUT2D eigenvalue weighted by Crippen LogP contribution is 2.26. The van der Waals surface area contributed by atoms with Gasteiger partial charge in [-0.3, -0.25) is 0 Å². The number of thiocarbonyl (C=S) groups is 1. The lowest BCUT2D eigenvalue weighted by Gasteiger charge is -2.33. The molecule has 2 atom stereocenters. The second kappa shape index (κ2) is 9.86. The second-order valence-corrected chi connectivity index (χ2v) is 8.58. The lowest BCUT2D eigenvalue weighted by Crippen LogP contribution is -2.39. The maximum Gasteiger partial charge on any atom is 0.232 e. The summed E-state index contributed by atoms with van der Waals surface area (Å²) in [5.41, 5.74) is 0. The number of piperidine rings is 1. The zero-order valence-electron chi connectivity index (χ0n) is 17.2. The number of rotatable bonds is 5. The average molecular weight is 421 g/mol. The molecule has 4 rings (SSSR count). The maximum atomic E-state index is 5.65. The number of nitrogens with one attached hydrogen (secondary N) is 2. The molecule has 0 unspecified atom stereocenters. The summed E-state index contributed by atoms with van der Waals surface area (Å²) in [5, 5.41) is 6.98. The van der Waals surface area contributed by atoms with E-state index in [1.54, 1.807) is 0 Å². The van der Waals surface area contributed by atoms with Crippen LogP contribution in [0.4, 0.5) is 17.6 Å². The Labute approximate surface area is 178 Å². The molecule has 0 saturated carbocycles. The number of ether oxygens (including phenoxy) is 2. The summed E-state index contributed by atoms with van der Waals surface area (Å²) in [6.07, 6.45) is 4.91. The Morgan fingerprint density at radius 3 is 2.62 bits per heavy atom. The molecule has 3 aliphatic rings. The molecule has 0 radical (unpaired) electrons. The number of morpholine rings is 1. The van der Waals surface area contributed by atoms with Gasteiger partial charge < -0.3 is 29.9 Å². The first kappa shape index (κ1) is 20.6. The monoisotopic (exact) mass is 420 g/mol. The lowest BCUT2D eigenvalue weighted by atomic mass is 10.0. The molecule has 3 saturated heterocycles. The van der Waals surface area contributed by atoms with Gasteiger partial charge in [-0.15, -0.1) is 0 Å². The highest BCUT2D eigenvalue weighted by Gasteiger charge is 2.22. The summed E-state index contributed by atoms with van der Waals surface area (Å²) in [4.78, 5) is 14.2. The summed E-state index contributed by atoms with van der Waals surface area (Å²) in [6, 6.07) is 2.11. The summed E-state index contributed by atoms with van der Waals surface area (Å²) in [7, 11) is 0. The first-order valence-corrected chi connectivity index (χ1v) is 11.2. The van der Waals surface area contributed by atoms with Crippen LogP contribution in [0.25, 0.3) is 0 Å². The summed E-state index contributed by atoms with van der Waals surface area (Å²) >= 11 is 5.48. The first-order valence-electron chi connectivity index (χ1n) is 10.8. The quantitative estimate of drug-likeness (QED) is 0.696. The van der Waals surface area contributed by atoms with Gasteiger partial charge in [0.05, 0.1) is 19.3 Å². The molecule has 1 aromatic rings. The maximum absolute atomic E-state index is 5.65. The standard InChI is InChI=1S/C20H32N6O2S/c1-15-4-2-6-26(14-15)18-12-17(25-7-10-27-11-8-25)22-19(23-18)24-20(29)21-13-16-5-3-9-28-16/h12,15-16H,2-11,13-14H2,1H3,(H2,21,22,23,24,29)/t15-,16+/m1/s1. The van der Waals surface area contributed by atoms with Crippen LogP contribution in [0.3, 0.4) is 0 Å². The molecule has 0 bridgehead atoms. The average Bonchev–Trinajstić information content (AvgIpc) is 3.26. The van der Waals surface area contributed by atoms with Gasteiger partial charge >= 0.3 is 0 Å². The van der Waals surface area contributed by atoms with Gasteiger partial charge in [0.2, 0.25) is 5.95 Å². The van der Waals surface area contributed by atoms with E-state index in [-0.39, 0.29) is 6.10 Å². The topological polar surface area (TPSA) is 74.8 Å². The van der Waals surface area contributed by atoms with Crippen molar-refractivity contribution in [3.8, 4) is 0 Å². The van der Waals surface area contributed by atoms with Crippen molar-refractivity contribution < 1.29 is 9.47 Å². The SMILES string of the molecule is C[C@@H]1CCCN(c2cc(N3CCOCC3)nc(NC(=S)NC[C@@H]3CCCO3)n2)C1. The van der Waals surface area contributed by atoms with Crippen LogP contribution in [-0.2, 0) is 9.47 Å². The van der Waals surface area contributed by atoms with Crippen molar-refractivity contribution in [1.29, 1.82) is 0 Å². The second-order valence-electron chi connectivity index (χ2n) is 8.17. The predicted molar refractivity (Wildman–Crippen MR) is 119 cm³/mol. The van der Waals surface area contributed by atoms with Crippen molar-refractivity contribution in [2.45, 2.75) is 38.7 Å². The number of aromatic nitrogens is 2. The van der Waals surface area contributed by atoms with E-state index in [1.165, 1.54) is 12.8 Å². The summed E-state index contributed by atoms with van der Waals surface area (Å²) < 4.78 is 11.2. The first-order chi connectivity index (χ1) is 14.2. The fourth-order valence-corrected chi connectivity index (χ4v) is 4.32. The molecule has 1 aromatic heterocycles. The van der Waals surface area contributed by atoms with Crippen LogP contribution in [0.15, 0.2) is 6.07 Å². The Bertz CT molecular complexity index is 694. The van der Waals surface area contributed by atoms with E-state index in [2.05, 4.69) is 33.4 Å². The molecule has 4 heterocycles. The van der Waals surface area contributed by atoms with Gasteiger partial charge in [0.1, 0.15) is 11.6 Å². The van der Waals surface area contributed by atoms with Gasteiger partial charge in [0.25, 0.3) is 0 Å². The third kappa shape index (κ3) is 5.67. The molecule has 0 amide bonds. The van der Waals surface area contributed by atoms with Crippen molar-refractivity contribution >= 4 is 34.9 Å². The van der Waals surface area contributed by atoms with Crippen LogP contribution in [0.2, 0.25) is 0 Å². The number of hydrogen-bond acceptors (Lipinski definition) is 7. The molecule has 9 heteroatoms. The minimum Gasteiger partial charge on any atom is -0.378 e. The third-order valence-electron chi connectivity index (χ3n) is 5.75. The zero-order valence-corrected chi connectivity index (χ0v) is 18.0. The van der Waals surface area contributed by atoms with Gasteiger partial charge in [-0.2, -0.15) is 9.97 Å². The highest BCUT2D eigenvalue weighted by molar-refractivity contribution is 7.80. The van der Waals surface area contributed by atoms with Crippen molar-refractivity contribution in [2.75, 3.05) is 67.7 Å². The van der Waals surface area contributed by atoms with Crippen LogP contribution < -0.4 is 20.4 Å². The number of hydrogen-bond donors (Lipinski definition) is 2. The largest absolute Gasteiger partial charge is 0.378 e. The van der Waals surface area contributed by atoms with Gasteiger partial charge in [-0.25, -0.2) is 0 Å². The molecule has 29 heavy (non-hydrogen) atoms. The van der Waals surface area contributed by atoms with E-state index in [0.29, 0.717) is 23.5 Å². The van der Waals surface area contributed by atoms with Gasteiger partial charge in [-0.05, 0) is 43.8 Å². The van der Waals surface area contributed by atoms with E-state index < -0.39 is 0 Å². The Hall–Kier alpha value is -1.71. The Morgan fingerprint density at radius 1 is 1.10 bits per heavy atom. The molecule has 3 aliphatic heterocycles. The minimum absolute atomic E-state index is 0.237. The molecule has 8 nitrogen and oxygen atoms in total. The number of anilines is 3. The number of nitrogens with zero attached hydrogens (tertiary/aromatic N) is 4. The zero-order chi connectivity index (χ0) is 20.1. The van der Waals surface area contributed by atoms with Crippen LogP contribution in [0, 0.1) is 5.92 Å². The highest BCUT2D eigenvalue weighted by atomic mass is 32.1. The summed E-state index contributed by atoms with van der Waals surface area (Å²) in [6.45, 7) is 9.06. The van der Waals surface area contributed by atoms with E-state index in [1.807, 2.05) is 0 Å². The lowest BCUT2D eigenvalue weighted by molar-refractivity contribution is 0.114. The van der Waals surface area contributed by atoms with Gasteiger partial charge in [0, 0.05) is 45.4 Å². The molecular weight excluding hydrogens is 388 g/mol. The van der Waals surface area contributed by atoms with Crippen LogP contribution >= 0.6 is 12.2 Å². The molecule has 0 aliphatic carbocycles. The Balaban J connectivity index is 1.48. The molecule has 2 N–H and O–H groups in total. The van der Waals surface area contributed by atoms with Crippen molar-refractivity contribution in [1.82, 2.24) is 15.3 Å². The predicted octanol–water partition coefficient (Wildman–Crippen LogP) is 2.01. The van der Waals surface area contributed by atoms with Crippen molar-refractivity contribution in [3.05, 3.63) is 6.07 Å². The molecule has 160 valence electrons. The molecular formula is C20H32N6O2S. The fourth-order valence-electron chi connectivity index (χ4n) is 4.15. The van der Waals surface area contributed by atoms with Crippen molar-refractivity contribution in [3.63, 3.8) is 0 Å².